The Labute approximate surface area is 277 Å². The molecule has 0 bridgehead atoms. The Kier molecular flexibility index (Phi) is 12.0. The van der Waals surface area contributed by atoms with Gasteiger partial charge < -0.3 is 43.6 Å². The minimum Gasteiger partial charge on any atom is -0.508 e. The fraction of sp³-hybridized carbons (Fsp3) is 0.306. The summed E-state index contributed by atoms with van der Waals surface area (Å²) in [6, 6.07) is 18.8. The summed E-state index contributed by atoms with van der Waals surface area (Å²) in [7, 11) is 0. The number of carboxylic acids is 2. The van der Waals surface area contributed by atoms with Crippen molar-refractivity contribution < 1.29 is 48.6 Å². The first kappa shape index (κ1) is 34.0. The van der Waals surface area contributed by atoms with Crippen LogP contribution < -0.4 is 14.2 Å². The zero-order valence-corrected chi connectivity index (χ0v) is 26.2. The van der Waals surface area contributed by atoms with E-state index >= 15 is 0 Å². The number of ether oxygens (including phenoxy) is 5. The van der Waals surface area contributed by atoms with Crippen molar-refractivity contribution in [1.82, 2.24) is 9.55 Å². The molecule has 12 nitrogen and oxygen atoms in total. The number of nitrogens with zero attached hydrogens (tertiary/aromatic N) is 2. The van der Waals surface area contributed by atoms with E-state index in [9.17, 15) is 19.8 Å². The van der Waals surface area contributed by atoms with Gasteiger partial charge >= 0.3 is 11.9 Å². The SMILES string of the molecule is O=C(O)CC/C=C\C[C@@H]1CO[C@H](c2ccc(OCCOc3cc(C(=O)O)ccc3OCCn3ccnc3)cc2)O[C@@H]1c1ccccc1O. The summed E-state index contributed by atoms with van der Waals surface area (Å²) in [6.07, 6.45) is 8.96. The lowest BCUT2D eigenvalue weighted by molar-refractivity contribution is -0.244. The van der Waals surface area contributed by atoms with Gasteiger partial charge in [-0.2, -0.15) is 0 Å². The number of phenolic OH excluding ortho intramolecular Hbond substituents is 1. The van der Waals surface area contributed by atoms with Crippen molar-refractivity contribution in [2.45, 2.75) is 38.2 Å². The summed E-state index contributed by atoms with van der Waals surface area (Å²) in [5, 5.41) is 28.9. The molecule has 3 aromatic carbocycles. The lowest BCUT2D eigenvalue weighted by Gasteiger charge is -2.37. The van der Waals surface area contributed by atoms with Crippen molar-refractivity contribution >= 4 is 11.9 Å². The first-order valence-electron chi connectivity index (χ1n) is 15.6. The number of aromatic nitrogens is 2. The molecule has 0 unspecified atom stereocenters. The van der Waals surface area contributed by atoms with Gasteiger partial charge in [-0.05, 0) is 49.2 Å². The van der Waals surface area contributed by atoms with Crippen molar-refractivity contribution in [3.05, 3.63) is 114 Å². The Hall–Kier alpha value is -5.33. The topological polar surface area (TPSA) is 159 Å². The van der Waals surface area contributed by atoms with Gasteiger partial charge in [-0.3, -0.25) is 4.79 Å². The Morgan fingerprint density at radius 1 is 0.938 bits per heavy atom. The summed E-state index contributed by atoms with van der Waals surface area (Å²) in [4.78, 5) is 26.3. The maximum atomic E-state index is 11.5. The highest BCUT2D eigenvalue weighted by Gasteiger charge is 2.34. The number of aliphatic carboxylic acids is 1. The molecular weight excluding hydrogens is 620 g/mol. The van der Waals surface area contributed by atoms with Crippen LogP contribution in [0.15, 0.2) is 97.6 Å². The number of rotatable bonds is 17. The summed E-state index contributed by atoms with van der Waals surface area (Å²) in [5.74, 6) is -0.539. The quantitative estimate of drug-likeness (QED) is 0.0897. The molecule has 48 heavy (non-hydrogen) atoms. The van der Waals surface area contributed by atoms with Crippen LogP contribution in [0.25, 0.3) is 0 Å². The predicted molar refractivity (Wildman–Crippen MR) is 173 cm³/mol. The van der Waals surface area contributed by atoms with Gasteiger partial charge in [0.15, 0.2) is 17.8 Å². The lowest BCUT2D eigenvalue weighted by atomic mass is 9.91. The predicted octanol–water partition coefficient (Wildman–Crippen LogP) is 6.04. The molecule has 1 aliphatic rings. The van der Waals surface area contributed by atoms with Crippen LogP contribution in [0, 0.1) is 5.92 Å². The number of para-hydroxylation sites is 1. The summed E-state index contributed by atoms with van der Waals surface area (Å²) in [5.41, 5.74) is 1.52. The number of aromatic carboxylic acids is 1. The van der Waals surface area contributed by atoms with Gasteiger partial charge in [0.25, 0.3) is 0 Å². The van der Waals surface area contributed by atoms with Crippen LogP contribution in [0.2, 0.25) is 0 Å². The Bertz CT molecular complexity index is 1660. The molecule has 3 N–H and O–H groups in total. The number of carbonyl (C=O) groups is 2. The van der Waals surface area contributed by atoms with Gasteiger partial charge in [-0.1, -0.05) is 42.5 Å². The van der Waals surface area contributed by atoms with E-state index in [-0.39, 0.29) is 36.9 Å². The Morgan fingerprint density at radius 2 is 1.73 bits per heavy atom. The minimum atomic E-state index is -1.07. The zero-order valence-electron chi connectivity index (χ0n) is 26.2. The highest BCUT2D eigenvalue weighted by molar-refractivity contribution is 5.88. The van der Waals surface area contributed by atoms with E-state index in [1.807, 2.05) is 47.2 Å². The molecule has 252 valence electrons. The van der Waals surface area contributed by atoms with Gasteiger partial charge in [0.2, 0.25) is 0 Å². The number of hydrogen-bond acceptors (Lipinski definition) is 9. The number of carboxylic acid groups (broad SMARTS) is 2. The Balaban J connectivity index is 1.15. The summed E-state index contributed by atoms with van der Waals surface area (Å²) < 4.78 is 31.9. The third kappa shape index (κ3) is 9.60. The highest BCUT2D eigenvalue weighted by Crippen LogP contribution is 2.42. The molecule has 0 radical (unpaired) electrons. The summed E-state index contributed by atoms with van der Waals surface area (Å²) in [6.45, 7) is 1.63. The van der Waals surface area contributed by atoms with E-state index in [2.05, 4.69) is 4.98 Å². The maximum Gasteiger partial charge on any atom is 0.335 e. The van der Waals surface area contributed by atoms with Crippen molar-refractivity contribution in [1.29, 1.82) is 0 Å². The first-order chi connectivity index (χ1) is 23.4. The average molecular weight is 659 g/mol. The van der Waals surface area contributed by atoms with Crippen LogP contribution in [0.4, 0.5) is 0 Å². The van der Waals surface area contributed by atoms with Crippen molar-refractivity contribution in [2.24, 2.45) is 5.92 Å². The minimum absolute atomic E-state index is 0.0660. The van der Waals surface area contributed by atoms with Crippen LogP contribution in [0.3, 0.4) is 0 Å². The normalized spacial score (nSPS) is 17.6. The standard InChI is InChI=1S/C36H38N2O10/c39-30-8-5-4-7-29(30)34-27(6-2-1-3-9-33(40)41)23-47-36(48-34)25-10-13-28(14-11-25)44-20-21-46-32-22-26(35(42)43)12-15-31(32)45-19-18-38-17-16-37-24-38/h1-2,4-5,7-8,10-17,22,24,27,34,36,39H,3,6,9,18-21,23H2,(H,40,41)(H,42,43)/b2-1-/t27-,34+,36+/m1/s1. The second kappa shape index (κ2) is 17.0. The van der Waals surface area contributed by atoms with E-state index < -0.39 is 24.3 Å². The third-order valence-electron chi connectivity index (χ3n) is 7.65. The molecule has 0 amide bonds. The molecule has 1 aromatic heterocycles. The molecule has 4 aromatic rings. The molecule has 1 aliphatic heterocycles. The van der Waals surface area contributed by atoms with Crippen molar-refractivity contribution in [3.8, 4) is 23.0 Å². The number of hydrogen-bond donors (Lipinski definition) is 3. The smallest absolute Gasteiger partial charge is 0.335 e. The molecule has 5 rings (SSSR count). The van der Waals surface area contributed by atoms with E-state index in [0.717, 1.165) is 5.56 Å². The van der Waals surface area contributed by atoms with Crippen LogP contribution >= 0.6 is 0 Å². The molecular formula is C36H38N2O10. The van der Waals surface area contributed by atoms with E-state index in [4.69, 9.17) is 28.8 Å². The highest BCUT2D eigenvalue weighted by atomic mass is 16.7. The fourth-order valence-corrected chi connectivity index (χ4v) is 5.18. The second-order valence-electron chi connectivity index (χ2n) is 11.1. The van der Waals surface area contributed by atoms with Gasteiger partial charge in [0.1, 0.15) is 31.3 Å². The Morgan fingerprint density at radius 3 is 2.48 bits per heavy atom. The van der Waals surface area contributed by atoms with Crippen LogP contribution in [-0.2, 0) is 20.8 Å². The largest absolute Gasteiger partial charge is 0.508 e. The van der Waals surface area contributed by atoms with Crippen molar-refractivity contribution in [3.63, 3.8) is 0 Å². The van der Waals surface area contributed by atoms with E-state index in [1.54, 1.807) is 42.9 Å². The van der Waals surface area contributed by atoms with Crippen molar-refractivity contribution in [2.75, 3.05) is 26.4 Å². The zero-order chi connectivity index (χ0) is 33.7. The second-order valence-corrected chi connectivity index (χ2v) is 11.1. The van der Waals surface area contributed by atoms with Gasteiger partial charge in [-0.25, -0.2) is 9.78 Å². The van der Waals surface area contributed by atoms with Crippen LogP contribution in [0.5, 0.6) is 23.0 Å². The molecule has 1 fully saturated rings. The molecule has 1 saturated heterocycles. The van der Waals surface area contributed by atoms with Gasteiger partial charge in [-0.15, -0.1) is 0 Å². The number of aromatic hydroxyl groups is 1. The number of phenols is 1. The molecule has 3 atom stereocenters. The van der Waals surface area contributed by atoms with Crippen LogP contribution in [-0.4, -0.2) is 63.2 Å². The van der Waals surface area contributed by atoms with Crippen LogP contribution in [0.1, 0.15) is 53.1 Å². The molecule has 0 saturated carbocycles. The monoisotopic (exact) mass is 658 g/mol. The van der Waals surface area contributed by atoms with E-state index in [1.165, 1.54) is 12.1 Å². The first-order valence-corrected chi connectivity index (χ1v) is 15.6. The third-order valence-corrected chi connectivity index (χ3v) is 7.65. The number of imidazole rings is 1. The number of benzene rings is 3. The molecule has 12 heteroatoms. The van der Waals surface area contributed by atoms with E-state index in [0.29, 0.717) is 55.4 Å². The lowest BCUT2D eigenvalue weighted by Crippen LogP contribution is -2.30. The maximum absolute atomic E-state index is 11.5. The van der Waals surface area contributed by atoms with Gasteiger partial charge in [0.05, 0.1) is 31.1 Å². The molecule has 2 heterocycles. The molecule has 0 aliphatic carbocycles. The number of allylic oxidation sites excluding steroid dienone is 2. The fourth-order valence-electron chi connectivity index (χ4n) is 5.18. The average Bonchev–Trinajstić information content (AvgIpc) is 3.61. The summed E-state index contributed by atoms with van der Waals surface area (Å²) >= 11 is 0. The van der Waals surface area contributed by atoms with Gasteiger partial charge in [0, 0.05) is 35.9 Å². The molecule has 0 spiro atoms.